The van der Waals surface area contributed by atoms with Crippen molar-refractivity contribution in [2.45, 2.75) is 51.4 Å². The van der Waals surface area contributed by atoms with Gasteiger partial charge in [0, 0.05) is 24.1 Å². The summed E-state index contributed by atoms with van der Waals surface area (Å²) in [4.78, 5) is 46.4. The van der Waals surface area contributed by atoms with Gasteiger partial charge in [-0.25, -0.2) is 14.4 Å². The van der Waals surface area contributed by atoms with E-state index in [1.54, 1.807) is 30.3 Å². The molecule has 0 N–H and O–H groups in total. The summed E-state index contributed by atoms with van der Waals surface area (Å²) >= 11 is 0. The Morgan fingerprint density at radius 3 is 1.96 bits per heavy atom. The number of carbonyl (C=O) groups excluding carboxylic acids is 4. The first-order chi connectivity index (χ1) is 23.8. The number of rotatable bonds is 21. The molecule has 3 rings (SSSR count). The highest BCUT2D eigenvalue weighted by atomic mass is 16.5. The van der Waals surface area contributed by atoms with E-state index >= 15 is 0 Å². The van der Waals surface area contributed by atoms with E-state index in [-0.39, 0.29) is 24.6 Å². The molecule has 3 aromatic carbocycles. The maximum absolute atomic E-state index is 12.4. The average molecular weight is 669 g/mol. The predicted molar refractivity (Wildman–Crippen MR) is 188 cm³/mol. The zero-order valence-electron chi connectivity index (χ0n) is 28.0. The maximum Gasteiger partial charge on any atom is 0.336 e. The first-order valence-corrected chi connectivity index (χ1v) is 16.3. The summed E-state index contributed by atoms with van der Waals surface area (Å²) in [5, 5.41) is 0. The second-order valence-corrected chi connectivity index (χ2v) is 11.1. The van der Waals surface area contributed by atoms with Gasteiger partial charge in [-0.2, -0.15) is 0 Å². The number of hydrogen-bond acceptors (Lipinski definition) is 9. The number of unbranched alkanes of at least 4 members (excludes halogenated alkanes) is 4. The number of benzene rings is 3. The minimum Gasteiger partial charge on any atom is -0.493 e. The summed E-state index contributed by atoms with van der Waals surface area (Å²) in [7, 11) is 1.23. The van der Waals surface area contributed by atoms with Gasteiger partial charge in [-0.15, -0.1) is 0 Å². The number of hydrogen-bond donors (Lipinski definition) is 0. The first kappa shape index (κ1) is 38.0. The monoisotopic (exact) mass is 668 g/mol. The minimum atomic E-state index is -0.650. The smallest absolute Gasteiger partial charge is 0.336 e. The van der Waals surface area contributed by atoms with Crippen LogP contribution in [-0.4, -0.2) is 50.8 Å². The molecule has 0 aliphatic rings. The standard InChI is InChI=1S/C40H44O9/c1-4-37(41)47-26-9-7-5-6-8-11-31-12-17-33(18-13-31)34-19-14-32(15-20-34)16-25-38(42)49-36-23-21-35(22-24-36)46-27-10-28-48-40(44)30(2)29-39(43)45-3/h4,12-25H,1-2,5-11,26-29H2,3H3/b25-16+. The molecule has 3 aromatic rings. The highest BCUT2D eigenvalue weighted by Gasteiger charge is 2.13. The van der Waals surface area contributed by atoms with E-state index in [9.17, 15) is 19.2 Å². The van der Waals surface area contributed by atoms with Crippen molar-refractivity contribution >= 4 is 30.0 Å². The Hall–Kier alpha value is -5.44. The summed E-state index contributed by atoms with van der Waals surface area (Å²) in [5.41, 5.74) is 4.43. The third-order valence-electron chi connectivity index (χ3n) is 7.34. The molecule has 0 radical (unpaired) electrons. The lowest BCUT2D eigenvalue weighted by Crippen LogP contribution is -2.13. The quantitative estimate of drug-likeness (QED) is 0.0372. The number of aryl methyl sites for hydroxylation is 1. The van der Waals surface area contributed by atoms with E-state index in [2.05, 4.69) is 42.2 Å². The highest BCUT2D eigenvalue weighted by molar-refractivity contribution is 5.93. The lowest BCUT2D eigenvalue weighted by Gasteiger charge is -2.09. The minimum absolute atomic E-state index is 0.0298. The zero-order valence-corrected chi connectivity index (χ0v) is 28.0. The molecule has 9 nitrogen and oxygen atoms in total. The Morgan fingerprint density at radius 1 is 0.673 bits per heavy atom. The van der Waals surface area contributed by atoms with Crippen LogP contribution >= 0.6 is 0 Å². The Bertz CT molecular complexity index is 1550. The third-order valence-corrected chi connectivity index (χ3v) is 7.34. The second kappa shape index (κ2) is 21.4. The van der Waals surface area contributed by atoms with Gasteiger partial charge < -0.3 is 23.7 Å². The van der Waals surface area contributed by atoms with Crippen LogP contribution in [0.1, 0.15) is 56.1 Å². The highest BCUT2D eigenvalue weighted by Crippen LogP contribution is 2.22. The average Bonchev–Trinajstić information content (AvgIpc) is 3.12. The van der Waals surface area contributed by atoms with Crippen LogP contribution in [0.5, 0.6) is 11.5 Å². The summed E-state index contributed by atoms with van der Waals surface area (Å²) in [6, 6.07) is 23.2. The van der Waals surface area contributed by atoms with Gasteiger partial charge in [0.25, 0.3) is 0 Å². The van der Waals surface area contributed by atoms with Gasteiger partial charge in [-0.1, -0.05) is 81.0 Å². The summed E-state index contributed by atoms with van der Waals surface area (Å²) < 4.78 is 25.6. The van der Waals surface area contributed by atoms with Crippen LogP contribution in [0.3, 0.4) is 0 Å². The van der Waals surface area contributed by atoms with Crippen molar-refractivity contribution in [3.05, 3.63) is 115 Å². The van der Waals surface area contributed by atoms with Crippen LogP contribution in [0.25, 0.3) is 17.2 Å². The van der Waals surface area contributed by atoms with Crippen molar-refractivity contribution in [3.63, 3.8) is 0 Å². The topological polar surface area (TPSA) is 114 Å². The molecule has 9 heteroatoms. The van der Waals surface area contributed by atoms with Crippen LogP contribution in [0, 0.1) is 0 Å². The van der Waals surface area contributed by atoms with Gasteiger partial charge in [0.05, 0.1) is 33.4 Å². The molecule has 0 fully saturated rings. The van der Waals surface area contributed by atoms with E-state index in [1.807, 2.05) is 24.3 Å². The van der Waals surface area contributed by atoms with Crippen LogP contribution in [0.2, 0.25) is 0 Å². The van der Waals surface area contributed by atoms with Gasteiger partial charge in [0.15, 0.2) is 0 Å². The van der Waals surface area contributed by atoms with Gasteiger partial charge >= 0.3 is 23.9 Å². The van der Waals surface area contributed by atoms with Crippen molar-refractivity contribution in [1.29, 1.82) is 0 Å². The lowest BCUT2D eigenvalue weighted by atomic mass is 10.00. The van der Waals surface area contributed by atoms with Crippen LogP contribution in [0.15, 0.2) is 104 Å². The normalized spacial score (nSPS) is 10.6. The summed E-state index contributed by atoms with van der Waals surface area (Å²) in [5.74, 6) is -1.12. The molecular formula is C40H44O9. The Balaban J connectivity index is 1.32. The molecule has 49 heavy (non-hydrogen) atoms. The van der Waals surface area contributed by atoms with Gasteiger partial charge in [-0.05, 0) is 71.9 Å². The number of carbonyl (C=O) groups is 4. The SMILES string of the molecule is C=CC(=O)OCCCCCCCc1ccc(-c2ccc(/C=C/C(=O)Oc3ccc(OCCCOC(=O)C(=C)CC(=O)OC)cc3)cc2)cc1. The molecule has 0 aliphatic carbocycles. The van der Waals surface area contributed by atoms with Crippen molar-refractivity contribution in [1.82, 2.24) is 0 Å². The Labute approximate surface area is 288 Å². The molecule has 0 atom stereocenters. The van der Waals surface area contributed by atoms with Crippen molar-refractivity contribution in [2.24, 2.45) is 0 Å². The Morgan fingerprint density at radius 2 is 1.29 bits per heavy atom. The van der Waals surface area contributed by atoms with Crippen molar-refractivity contribution in [3.8, 4) is 22.6 Å². The van der Waals surface area contributed by atoms with E-state index in [1.165, 1.54) is 24.8 Å². The first-order valence-electron chi connectivity index (χ1n) is 16.3. The van der Waals surface area contributed by atoms with Crippen LogP contribution < -0.4 is 9.47 Å². The fraction of sp³-hybridized carbons (Fsp3) is 0.300. The number of ether oxygens (including phenoxy) is 5. The molecule has 0 saturated heterocycles. The van der Waals surface area contributed by atoms with E-state index < -0.39 is 17.9 Å². The zero-order chi connectivity index (χ0) is 35.3. The van der Waals surface area contributed by atoms with Crippen molar-refractivity contribution < 1.29 is 42.9 Å². The van der Waals surface area contributed by atoms with E-state index in [4.69, 9.17) is 18.9 Å². The molecule has 0 spiro atoms. The maximum atomic E-state index is 12.4. The van der Waals surface area contributed by atoms with E-state index in [0.29, 0.717) is 31.1 Å². The molecule has 0 amide bonds. The number of methoxy groups -OCH3 is 1. The fourth-order valence-corrected chi connectivity index (χ4v) is 4.60. The summed E-state index contributed by atoms with van der Waals surface area (Å²) in [6.45, 7) is 7.78. The molecule has 0 unspecified atom stereocenters. The fourth-order valence-electron chi connectivity index (χ4n) is 4.60. The molecule has 0 aliphatic heterocycles. The number of esters is 4. The Kier molecular flexibility index (Phi) is 16.6. The molecular weight excluding hydrogens is 624 g/mol. The summed E-state index contributed by atoms with van der Waals surface area (Å²) in [6.07, 6.45) is 10.8. The lowest BCUT2D eigenvalue weighted by molar-refractivity contribution is -0.144. The largest absolute Gasteiger partial charge is 0.493 e. The predicted octanol–water partition coefficient (Wildman–Crippen LogP) is 7.63. The van der Waals surface area contributed by atoms with Gasteiger partial charge in [0.2, 0.25) is 0 Å². The molecule has 0 saturated carbocycles. The molecule has 0 bridgehead atoms. The van der Waals surface area contributed by atoms with Crippen LogP contribution in [-0.2, 0) is 39.8 Å². The second-order valence-electron chi connectivity index (χ2n) is 11.1. The third kappa shape index (κ3) is 14.9. The van der Waals surface area contributed by atoms with Gasteiger partial charge in [-0.3, -0.25) is 4.79 Å². The van der Waals surface area contributed by atoms with Crippen molar-refractivity contribution in [2.75, 3.05) is 26.9 Å². The van der Waals surface area contributed by atoms with Gasteiger partial charge in [0.1, 0.15) is 11.5 Å². The molecule has 0 heterocycles. The molecule has 0 aromatic heterocycles. The van der Waals surface area contributed by atoms with E-state index in [0.717, 1.165) is 55.2 Å². The molecule has 258 valence electrons. The van der Waals surface area contributed by atoms with Crippen LogP contribution in [0.4, 0.5) is 0 Å².